The summed E-state index contributed by atoms with van der Waals surface area (Å²) < 4.78 is 16.3. The monoisotopic (exact) mass is 352 g/mol. The van der Waals surface area contributed by atoms with Crippen molar-refractivity contribution in [2.45, 2.75) is 13.5 Å². The zero-order chi connectivity index (χ0) is 18.5. The van der Waals surface area contributed by atoms with Crippen LogP contribution in [0.1, 0.15) is 22.8 Å². The summed E-state index contributed by atoms with van der Waals surface area (Å²) in [5.41, 5.74) is 8.35. The number of fused-ring (bicyclic) bond motifs is 1. The van der Waals surface area contributed by atoms with E-state index in [2.05, 4.69) is 4.98 Å². The molecule has 0 saturated heterocycles. The van der Waals surface area contributed by atoms with Gasteiger partial charge in [-0.15, -0.1) is 0 Å². The van der Waals surface area contributed by atoms with Crippen LogP contribution < -0.4 is 15.2 Å². The smallest absolute Gasteiger partial charge is 0.341 e. The van der Waals surface area contributed by atoms with Gasteiger partial charge in [0.05, 0.1) is 24.9 Å². The molecular formula is C20H20N2O4. The predicted molar refractivity (Wildman–Crippen MR) is 99.4 cm³/mol. The van der Waals surface area contributed by atoms with Gasteiger partial charge in [0.25, 0.3) is 0 Å². The zero-order valence-corrected chi connectivity index (χ0v) is 14.7. The van der Waals surface area contributed by atoms with Crippen molar-refractivity contribution >= 4 is 22.6 Å². The number of rotatable bonds is 6. The Morgan fingerprint density at radius 1 is 1.15 bits per heavy atom. The van der Waals surface area contributed by atoms with Crippen LogP contribution in [-0.4, -0.2) is 24.7 Å². The minimum atomic E-state index is -0.497. The van der Waals surface area contributed by atoms with Gasteiger partial charge in [-0.1, -0.05) is 30.3 Å². The number of carbonyl (C=O) groups excluding carboxylic acids is 1. The molecule has 0 unspecified atom stereocenters. The molecule has 0 fully saturated rings. The molecule has 0 amide bonds. The third kappa shape index (κ3) is 3.54. The number of ether oxygens (including phenoxy) is 3. The molecule has 3 aromatic rings. The maximum Gasteiger partial charge on any atom is 0.341 e. The number of anilines is 1. The molecule has 134 valence electrons. The standard InChI is InChI=1S/C20H20N2O4/c1-3-25-20(23)15-11-22-16-10-18(17(24-2)9-14(16)19(15)21)26-12-13-7-5-4-6-8-13/h4-11H,3,12H2,1-2H3,(H2,21,22). The Balaban J connectivity index is 1.96. The summed E-state index contributed by atoms with van der Waals surface area (Å²) in [6.07, 6.45) is 1.42. The molecule has 1 heterocycles. The van der Waals surface area contributed by atoms with Gasteiger partial charge in [-0.05, 0) is 18.6 Å². The van der Waals surface area contributed by atoms with Gasteiger partial charge in [0.15, 0.2) is 11.5 Å². The lowest BCUT2D eigenvalue weighted by molar-refractivity contribution is 0.0527. The summed E-state index contributed by atoms with van der Waals surface area (Å²) >= 11 is 0. The summed E-state index contributed by atoms with van der Waals surface area (Å²) in [6, 6.07) is 13.3. The number of nitrogens with zero attached hydrogens (tertiary/aromatic N) is 1. The number of methoxy groups -OCH3 is 1. The average Bonchev–Trinajstić information content (AvgIpc) is 2.67. The van der Waals surface area contributed by atoms with Gasteiger partial charge in [-0.2, -0.15) is 0 Å². The molecule has 0 atom stereocenters. The number of hydrogen-bond donors (Lipinski definition) is 1. The SMILES string of the molecule is CCOC(=O)c1cnc2cc(OCc3ccccc3)c(OC)cc2c1N. The third-order valence-electron chi connectivity index (χ3n) is 3.93. The van der Waals surface area contributed by atoms with Gasteiger partial charge in [0, 0.05) is 17.6 Å². The van der Waals surface area contributed by atoms with Crippen LogP contribution in [0.5, 0.6) is 11.5 Å². The predicted octanol–water partition coefficient (Wildman–Crippen LogP) is 3.58. The molecule has 0 aliphatic rings. The van der Waals surface area contributed by atoms with Crippen molar-refractivity contribution in [2.75, 3.05) is 19.5 Å². The molecule has 0 saturated carbocycles. The van der Waals surface area contributed by atoms with Crippen LogP contribution in [0.4, 0.5) is 5.69 Å². The maximum absolute atomic E-state index is 12.0. The Hall–Kier alpha value is -3.28. The van der Waals surface area contributed by atoms with E-state index in [1.165, 1.54) is 6.20 Å². The maximum atomic E-state index is 12.0. The van der Waals surface area contributed by atoms with Crippen molar-refractivity contribution in [3.05, 3.63) is 59.8 Å². The molecule has 0 spiro atoms. The third-order valence-corrected chi connectivity index (χ3v) is 3.93. The van der Waals surface area contributed by atoms with E-state index < -0.39 is 5.97 Å². The number of aromatic nitrogens is 1. The molecule has 26 heavy (non-hydrogen) atoms. The molecule has 0 aliphatic carbocycles. The number of nitrogen functional groups attached to an aromatic ring is 1. The first kappa shape index (κ1) is 17.5. The molecule has 3 rings (SSSR count). The second-order valence-corrected chi connectivity index (χ2v) is 5.60. The average molecular weight is 352 g/mol. The second-order valence-electron chi connectivity index (χ2n) is 5.60. The number of pyridine rings is 1. The van der Waals surface area contributed by atoms with Crippen molar-refractivity contribution in [3.8, 4) is 11.5 Å². The number of carbonyl (C=O) groups is 1. The van der Waals surface area contributed by atoms with E-state index in [0.717, 1.165) is 5.56 Å². The van der Waals surface area contributed by atoms with E-state index in [4.69, 9.17) is 19.9 Å². The fourth-order valence-electron chi connectivity index (χ4n) is 2.60. The van der Waals surface area contributed by atoms with E-state index in [0.29, 0.717) is 34.7 Å². The summed E-state index contributed by atoms with van der Waals surface area (Å²) in [5.74, 6) is 0.574. The highest BCUT2D eigenvalue weighted by Gasteiger charge is 2.17. The summed E-state index contributed by atoms with van der Waals surface area (Å²) in [4.78, 5) is 16.3. The lowest BCUT2D eigenvalue weighted by Crippen LogP contribution is -2.09. The number of benzene rings is 2. The van der Waals surface area contributed by atoms with Crippen molar-refractivity contribution in [3.63, 3.8) is 0 Å². The zero-order valence-electron chi connectivity index (χ0n) is 14.7. The van der Waals surface area contributed by atoms with Gasteiger partial charge in [-0.3, -0.25) is 4.98 Å². The van der Waals surface area contributed by atoms with E-state index in [9.17, 15) is 4.79 Å². The number of esters is 1. The van der Waals surface area contributed by atoms with Crippen LogP contribution >= 0.6 is 0 Å². The summed E-state index contributed by atoms with van der Waals surface area (Å²) in [6.45, 7) is 2.41. The highest BCUT2D eigenvalue weighted by atomic mass is 16.5. The van der Waals surface area contributed by atoms with E-state index >= 15 is 0 Å². The Labute approximate surface area is 151 Å². The normalized spacial score (nSPS) is 10.5. The first-order chi connectivity index (χ1) is 12.6. The van der Waals surface area contributed by atoms with Crippen molar-refractivity contribution < 1.29 is 19.0 Å². The first-order valence-electron chi connectivity index (χ1n) is 8.24. The van der Waals surface area contributed by atoms with Crippen LogP contribution in [0.3, 0.4) is 0 Å². The molecular weight excluding hydrogens is 332 g/mol. The topological polar surface area (TPSA) is 83.7 Å². The Morgan fingerprint density at radius 3 is 2.62 bits per heavy atom. The van der Waals surface area contributed by atoms with Gasteiger partial charge in [-0.25, -0.2) is 4.79 Å². The van der Waals surface area contributed by atoms with Crippen molar-refractivity contribution in [2.24, 2.45) is 0 Å². The van der Waals surface area contributed by atoms with Crippen LogP contribution in [0.2, 0.25) is 0 Å². The molecule has 2 N–H and O–H groups in total. The largest absolute Gasteiger partial charge is 0.493 e. The van der Waals surface area contributed by atoms with Crippen molar-refractivity contribution in [1.29, 1.82) is 0 Å². The van der Waals surface area contributed by atoms with E-state index in [-0.39, 0.29) is 12.2 Å². The lowest BCUT2D eigenvalue weighted by Gasteiger charge is -2.14. The van der Waals surface area contributed by atoms with Gasteiger partial charge < -0.3 is 19.9 Å². The van der Waals surface area contributed by atoms with E-state index in [1.807, 2.05) is 30.3 Å². The minimum absolute atomic E-state index is 0.236. The van der Waals surface area contributed by atoms with Gasteiger partial charge in [0.2, 0.25) is 0 Å². The van der Waals surface area contributed by atoms with Crippen molar-refractivity contribution in [1.82, 2.24) is 4.98 Å². The van der Waals surface area contributed by atoms with Crippen LogP contribution in [0.15, 0.2) is 48.7 Å². The minimum Gasteiger partial charge on any atom is -0.493 e. The van der Waals surface area contributed by atoms with Gasteiger partial charge >= 0.3 is 5.97 Å². The molecule has 6 heteroatoms. The molecule has 6 nitrogen and oxygen atoms in total. The number of hydrogen-bond acceptors (Lipinski definition) is 6. The Bertz CT molecular complexity index is 926. The number of nitrogens with two attached hydrogens (primary N) is 1. The molecule has 0 aliphatic heterocycles. The van der Waals surface area contributed by atoms with Gasteiger partial charge in [0.1, 0.15) is 12.2 Å². The van der Waals surface area contributed by atoms with Crippen LogP contribution in [0, 0.1) is 0 Å². The summed E-state index contributed by atoms with van der Waals surface area (Å²) in [7, 11) is 1.55. The lowest BCUT2D eigenvalue weighted by atomic mass is 10.1. The Kier molecular flexibility index (Phi) is 5.22. The molecule has 2 aromatic carbocycles. The molecule has 0 bridgehead atoms. The molecule has 1 aromatic heterocycles. The highest BCUT2D eigenvalue weighted by molar-refractivity contribution is 6.04. The van der Waals surface area contributed by atoms with Crippen LogP contribution in [-0.2, 0) is 11.3 Å². The quantitative estimate of drug-likeness (QED) is 0.683. The van der Waals surface area contributed by atoms with E-state index in [1.54, 1.807) is 26.2 Å². The Morgan fingerprint density at radius 2 is 1.92 bits per heavy atom. The van der Waals surface area contributed by atoms with Crippen LogP contribution in [0.25, 0.3) is 10.9 Å². The summed E-state index contributed by atoms with van der Waals surface area (Å²) in [5, 5.41) is 0.611. The molecule has 0 radical (unpaired) electrons. The fourth-order valence-corrected chi connectivity index (χ4v) is 2.60. The first-order valence-corrected chi connectivity index (χ1v) is 8.24. The highest BCUT2D eigenvalue weighted by Crippen LogP contribution is 2.35. The fraction of sp³-hybridized carbons (Fsp3) is 0.200. The second kappa shape index (κ2) is 7.74.